The Morgan fingerprint density at radius 1 is 1.15 bits per heavy atom. The second kappa shape index (κ2) is 8.64. The van der Waals surface area contributed by atoms with Crippen molar-refractivity contribution in [1.82, 2.24) is 15.0 Å². The standard InChI is InChI=1S/C19H19ClN4O3/c20-13-9-10-17(25)16(12-13)21-18(26)8-2-1-5-11-24-19(27)14-6-3-4-7-15(14)22-23-24/h3-4,6-7,9-10,12,25H,1-2,5,8,11H2,(H,21,26). The van der Waals surface area contributed by atoms with E-state index in [0.717, 1.165) is 6.42 Å². The lowest BCUT2D eigenvalue weighted by Crippen LogP contribution is -2.24. The second-order valence-corrected chi connectivity index (χ2v) is 6.59. The van der Waals surface area contributed by atoms with Crippen molar-refractivity contribution in [3.05, 3.63) is 57.8 Å². The van der Waals surface area contributed by atoms with E-state index in [2.05, 4.69) is 15.6 Å². The van der Waals surface area contributed by atoms with E-state index in [-0.39, 0.29) is 17.2 Å². The Morgan fingerprint density at radius 2 is 1.96 bits per heavy atom. The Kier molecular flexibility index (Phi) is 6.03. The number of phenolic OH excluding ortho intramolecular Hbond substituents is 1. The molecule has 0 spiro atoms. The van der Waals surface area contributed by atoms with Crippen LogP contribution in [0.5, 0.6) is 5.75 Å². The number of carbonyl (C=O) groups is 1. The molecule has 2 aromatic carbocycles. The molecule has 0 aliphatic heterocycles. The number of carbonyl (C=O) groups excluding carboxylic acids is 1. The van der Waals surface area contributed by atoms with E-state index < -0.39 is 0 Å². The lowest BCUT2D eigenvalue weighted by molar-refractivity contribution is -0.116. The molecule has 1 heterocycles. The van der Waals surface area contributed by atoms with Crippen molar-refractivity contribution in [3.63, 3.8) is 0 Å². The highest BCUT2D eigenvalue weighted by atomic mass is 35.5. The van der Waals surface area contributed by atoms with Crippen molar-refractivity contribution < 1.29 is 9.90 Å². The molecule has 3 aromatic rings. The van der Waals surface area contributed by atoms with Gasteiger partial charge in [-0.2, -0.15) is 0 Å². The summed E-state index contributed by atoms with van der Waals surface area (Å²) in [7, 11) is 0. The number of aryl methyl sites for hydroxylation is 1. The zero-order valence-corrected chi connectivity index (χ0v) is 15.3. The van der Waals surface area contributed by atoms with Gasteiger partial charge in [-0.05, 0) is 43.2 Å². The minimum atomic E-state index is -0.199. The monoisotopic (exact) mass is 386 g/mol. The molecule has 0 saturated carbocycles. The van der Waals surface area contributed by atoms with Crippen LogP contribution in [0.1, 0.15) is 25.7 Å². The largest absolute Gasteiger partial charge is 0.506 e. The number of aromatic nitrogens is 3. The summed E-state index contributed by atoms with van der Waals surface area (Å²) in [6.07, 6.45) is 2.44. The predicted molar refractivity (Wildman–Crippen MR) is 104 cm³/mol. The number of aromatic hydroxyl groups is 1. The van der Waals surface area contributed by atoms with E-state index in [0.29, 0.717) is 47.4 Å². The molecule has 2 N–H and O–H groups in total. The average Bonchev–Trinajstić information content (AvgIpc) is 2.66. The maximum absolute atomic E-state index is 12.3. The van der Waals surface area contributed by atoms with Gasteiger partial charge in [-0.3, -0.25) is 9.59 Å². The molecule has 0 aliphatic carbocycles. The van der Waals surface area contributed by atoms with Crippen LogP contribution in [0.4, 0.5) is 5.69 Å². The van der Waals surface area contributed by atoms with Gasteiger partial charge in [0.25, 0.3) is 5.56 Å². The highest BCUT2D eigenvalue weighted by Crippen LogP contribution is 2.26. The molecule has 140 valence electrons. The Hall–Kier alpha value is -2.93. The molecule has 0 bridgehead atoms. The number of hydrogen-bond acceptors (Lipinski definition) is 5. The van der Waals surface area contributed by atoms with Crippen LogP contribution in [-0.2, 0) is 11.3 Å². The molecule has 3 rings (SSSR count). The molecule has 0 atom stereocenters. The number of fused-ring (bicyclic) bond motifs is 1. The first kappa shape index (κ1) is 18.8. The van der Waals surface area contributed by atoms with E-state index in [4.69, 9.17) is 11.6 Å². The molecule has 1 aromatic heterocycles. The Labute approximate surface area is 160 Å². The maximum Gasteiger partial charge on any atom is 0.277 e. The summed E-state index contributed by atoms with van der Waals surface area (Å²) < 4.78 is 1.35. The minimum absolute atomic E-state index is 0.0259. The highest BCUT2D eigenvalue weighted by molar-refractivity contribution is 6.31. The van der Waals surface area contributed by atoms with E-state index in [1.807, 2.05) is 6.07 Å². The second-order valence-electron chi connectivity index (χ2n) is 6.16. The number of phenols is 1. The molecular formula is C19H19ClN4O3. The van der Waals surface area contributed by atoms with Gasteiger partial charge in [0.05, 0.1) is 11.1 Å². The van der Waals surface area contributed by atoms with Crippen LogP contribution in [0, 0.1) is 0 Å². The van der Waals surface area contributed by atoms with Gasteiger partial charge in [-0.1, -0.05) is 35.4 Å². The van der Waals surface area contributed by atoms with Crippen LogP contribution in [0.15, 0.2) is 47.3 Å². The highest BCUT2D eigenvalue weighted by Gasteiger charge is 2.08. The summed E-state index contributed by atoms with van der Waals surface area (Å²) in [6.45, 7) is 0.452. The third-order valence-corrected chi connectivity index (χ3v) is 4.37. The maximum atomic E-state index is 12.3. The lowest BCUT2D eigenvalue weighted by Gasteiger charge is -2.08. The van der Waals surface area contributed by atoms with Crippen molar-refractivity contribution in [1.29, 1.82) is 0 Å². The van der Waals surface area contributed by atoms with Gasteiger partial charge in [0.2, 0.25) is 5.91 Å². The van der Waals surface area contributed by atoms with E-state index in [9.17, 15) is 14.7 Å². The Bertz CT molecular complexity index is 1020. The van der Waals surface area contributed by atoms with Crippen molar-refractivity contribution in [2.75, 3.05) is 5.32 Å². The summed E-state index contributed by atoms with van der Waals surface area (Å²) in [5.74, 6) is -0.225. The van der Waals surface area contributed by atoms with Crippen molar-refractivity contribution >= 4 is 34.1 Å². The van der Waals surface area contributed by atoms with E-state index in [1.54, 1.807) is 24.3 Å². The number of rotatable bonds is 7. The summed E-state index contributed by atoms with van der Waals surface area (Å²) in [5, 5.41) is 21.3. The fraction of sp³-hybridized carbons (Fsp3) is 0.263. The third-order valence-electron chi connectivity index (χ3n) is 4.14. The zero-order valence-electron chi connectivity index (χ0n) is 14.6. The molecular weight excluding hydrogens is 368 g/mol. The minimum Gasteiger partial charge on any atom is -0.506 e. The van der Waals surface area contributed by atoms with E-state index in [1.165, 1.54) is 16.8 Å². The topological polar surface area (TPSA) is 97.1 Å². The van der Waals surface area contributed by atoms with Gasteiger partial charge < -0.3 is 10.4 Å². The summed E-state index contributed by atoms with van der Waals surface area (Å²) in [6, 6.07) is 11.6. The zero-order chi connectivity index (χ0) is 19.2. The quantitative estimate of drug-likeness (QED) is 0.479. The van der Waals surface area contributed by atoms with Crippen molar-refractivity contribution in [2.24, 2.45) is 0 Å². The molecule has 0 fully saturated rings. The number of hydrogen-bond donors (Lipinski definition) is 2. The summed E-state index contributed by atoms with van der Waals surface area (Å²) in [5.41, 5.74) is 0.722. The molecule has 8 heteroatoms. The fourth-order valence-electron chi connectivity index (χ4n) is 2.71. The molecule has 27 heavy (non-hydrogen) atoms. The molecule has 0 unspecified atom stereocenters. The number of anilines is 1. The number of halogens is 1. The first-order valence-corrected chi connectivity index (χ1v) is 9.03. The Balaban J connectivity index is 1.45. The number of unbranched alkanes of at least 4 members (excludes halogenated alkanes) is 2. The van der Waals surface area contributed by atoms with Gasteiger partial charge in [0.15, 0.2) is 0 Å². The molecule has 1 amide bonds. The number of amides is 1. The summed E-state index contributed by atoms with van der Waals surface area (Å²) in [4.78, 5) is 24.3. The predicted octanol–water partition coefficient (Wildman–Crippen LogP) is 3.35. The molecule has 0 radical (unpaired) electrons. The van der Waals surface area contributed by atoms with Crippen molar-refractivity contribution in [2.45, 2.75) is 32.2 Å². The number of benzene rings is 2. The first-order chi connectivity index (χ1) is 13.0. The average molecular weight is 387 g/mol. The lowest BCUT2D eigenvalue weighted by atomic mass is 10.2. The van der Waals surface area contributed by atoms with Gasteiger partial charge in [0, 0.05) is 18.0 Å². The molecule has 7 nitrogen and oxygen atoms in total. The summed E-state index contributed by atoms with van der Waals surface area (Å²) >= 11 is 5.85. The SMILES string of the molecule is O=C(CCCCCn1nnc2ccccc2c1=O)Nc1cc(Cl)ccc1O. The van der Waals surface area contributed by atoms with Crippen LogP contribution in [0.25, 0.3) is 10.9 Å². The van der Waals surface area contributed by atoms with Crippen LogP contribution < -0.4 is 10.9 Å². The first-order valence-electron chi connectivity index (χ1n) is 8.65. The third kappa shape index (κ3) is 4.83. The smallest absolute Gasteiger partial charge is 0.277 e. The number of nitrogens with one attached hydrogen (secondary N) is 1. The van der Waals surface area contributed by atoms with Crippen LogP contribution in [-0.4, -0.2) is 26.0 Å². The molecule has 0 aliphatic rings. The van der Waals surface area contributed by atoms with Crippen molar-refractivity contribution in [3.8, 4) is 5.75 Å². The number of nitrogens with zero attached hydrogens (tertiary/aromatic N) is 3. The van der Waals surface area contributed by atoms with Crippen LogP contribution in [0.3, 0.4) is 0 Å². The molecule has 0 saturated heterocycles. The van der Waals surface area contributed by atoms with Gasteiger partial charge >= 0.3 is 0 Å². The van der Waals surface area contributed by atoms with Gasteiger partial charge in [-0.25, -0.2) is 4.68 Å². The normalized spacial score (nSPS) is 10.9. The Morgan fingerprint density at radius 3 is 2.81 bits per heavy atom. The van der Waals surface area contributed by atoms with Crippen LogP contribution in [0.2, 0.25) is 5.02 Å². The van der Waals surface area contributed by atoms with Gasteiger partial charge in [-0.15, -0.1) is 5.10 Å². The fourth-order valence-corrected chi connectivity index (χ4v) is 2.89. The van der Waals surface area contributed by atoms with Crippen LogP contribution >= 0.6 is 11.6 Å². The van der Waals surface area contributed by atoms with E-state index >= 15 is 0 Å². The van der Waals surface area contributed by atoms with Gasteiger partial charge in [0.1, 0.15) is 11.3 Å².